The van der Waals surface area contributed by atoms with Gasteiger partial charge in [0.25, 0.3) is 0 Å². The number of hydrazone groups is 1. The Labute approximate surface area is 178 Å². The number of aryl methyl sites for hydroxylation is 2. The van der Waals surface area contributed by atoms with Crippen molar-refractivity contribution < 1.29 is 0 Å². The van der Waals surface area contributed by atoms with Crippen molar-refractivity contribution in [2.45, 2.75) is 40.5 Å². The van der Waals surface area contributed by atoms with Crippen LogP contribution in [0.15, 0.2) is 53.6 Å². The highest BCUT2D eigenvalue weighted by Crippen LogP contribution is 2.32. The summed E-state index contributed by atoms with van der Waals surface area (Å²) in [5.74, 6) is 0. The van der Waals surface area contributed by atoms with Crippen molar-refractivity contribution in [2.75, 3.05) is 23.4 Å². The van der Waals surface area contributed by atoms with Crippen LogP contribution in [0.1, 0.15) is 43.2 Å². The first-order valence-electron chi connectivity index (χ1n) is 10.3. The maximum absolute atomic E-state index is 4.81. The third-order valence-corrected chi connectivity index (χ3v) is 5.91. The maximum atomic E-state index is 4.81. The summed E-state index contributed by atoms with van der Waals surface area (Å²) in [7, 11) is 0. The Balaban J connectivity index is 1.71. The van der Waals surface area contributed by atoms with Gasteiger partial charge in [0.15, 0.2) is 0 Å². The molecule has 29 heavy (non-hydrogen) atoms. The summed E-state index contributed by atoms with van der Waals surface area (Å²) in [6.45, 7) is 10.7. The Bertz CT molecular complexity index is 923. The molecule has 0 aliphatic rings. The minimum Gasteiger partial charge on any atom is -0.372 e. The largest absolute Gasteiger partial charge is 0.372 e. The van der Waals surface area contributed by atoms with Gasteiger partial charge in [0.1, 0.15) is 0 Å². The summed E-state index contributed by atoms with van der Waals surface area (Å²) in [6, 6.07) is 17.1. The van der Waals surface area contributed by atoms with Crippen molar-refractivity contribution in [2.24, 2.45) is 5.10 Å². The number of hydrogen-bond acceptors (Lipinski definition) is 5. The van der Waals surface area contributed by atoms with E-state index in [1.165, 1.54) is 21.7 Å². The van der Waals surface area contributed by atoms with Crippen molar-refractivity contribution in [3.63, 3.8) is 0 Å². The summed E-state index contributed by atoms with van der Waals surface area (Å²) in [4.78, 5) is 8.44. The standard InChI is InChI=1S/C24H30N4S/c1-5-8-22-23(20-13-9-18(4)10-14-20)26-24(29-22)27-25-17-19-11-15-21(16-12-19)28(6-2)7-3/h9-17H,5-8H2,1-4H3,(H,26,27)/b25-17-. The first kappa shape index (κ1) is 21.1. The Morgan fingerprint density at radius 2 is 1.69 bits per heavy atom. The Kier molecular flexibility index (Phi) is 7.42. The van der Waals surface area contributed by atoms with E-state index in [0.717, 1.165) is 42.3 Å². The van der Waals surface area contributed by atoms with E-state index < -0.39 is 0 Å². The molecule has 0 amide bonds. The Morgan fingerprint density at radius 3 is 2.31 bits per heavy atom. The smallest absolute Gasteiger partial charge is 0.204 e. The van der Waals surface area contributed by atoms with Crippen LogP contribution in [0, 0.1) is 6.92 Å². The predicted octanol–water partition coefficient (Wildman–Crippen LogP) is 6.36. The van der Waals surface area contributed by atoms with Crippen LogP contribution in [0.3, 0.4) is 0 Å². The number of rotatable bonds is 9. The second kappa shape index (κ2) is 10.2. The molecule has 3 aromatic rings. The molecule has 0 atom stereocenters. The molecule has 0 spiro atoms. The molecule has 0 saturated heterocycles. The second-order valence-electron chi connectivity index (χ2n) is 7.04. The topological polar surface area (TPSA) is 40.5 Å². The molecule has 3 rings (SSSR count). The van der Waals surface area contributed by atoms with Gasteiger partial charge < -0.3 is 4.90 Å². The number of nitrogens with one attached hydrogen (secondary N) is 1. The Hall–Kier alpha value is -2.66. The number of hydrogen-bond donors (Lipinski definition) is 1. The van der Waals surface area contributed by atoms with E-state index in [2.05, 4.69) is 91.7 Å². The van der Waals surface area contributed by atoms with Crippen molar-refractivity contribution >= 4 is 28.4 Å². The van der Waals surface area contributed by atoms with E-state index in [0.29, 0.717) is 0 Å². The third-order valence-electron chi connectivity index (χ3n) is 4.89. The number of thiazole rings is 1. The highest BCUT2D eigenvalue weighted by Gasteiger charge is 2.12. The van der Waals surface area contributed by atoms with Crippen LogP contribution in [0.25, 0.3) is 11.3 Å². The molecule has 5 heteroatoms. The summed E-state index contributed by atoms with van der Waals surface area (Å²) in [5, 5.41) is 5.24. The molecule has 1 N–H and O–H groups in total. The lowest BCUT2D eigenvalue weighted by molar-refractivity contribution is 0.866. The van der Waals surface area contributed by atoms with E-state index in [1.807, 2.05) is 6.21 Å². The molecule has 2 aromatic carbocycles. The van der Waals surface area contributed by atoms with Crippen LogP contribution >= 0.6 is 11.3 Å². The molecule has 0 aliphatic carbocycles. The number of anilines is 2. The van der Waals surface area contributed by atoms with Crippen LogP contribution in [-0.2, 0) is 6.42 Å². The minimum atomic E-state index is 0.833. The zero-order valence-electron chi connectivity index (χ0n) is 17.8. The molecule has 0 saturated carbocycles. The van der Waals surface area contributed by atoms with E-state index in [1.54, 1.807) is 11.3 Å². The first-order valence-corrected chi connectivity index (χ1v) is 11.2. The average Bonchev–Trinajstić information content (AvgIpc) is 3.13. The molecule has 152 valence electrons. The minimum absolute atomic E-state index is 0.833. The highest BCUT2D eigenvalue weighted by atomic mass is 32.1. The van der Waals surface area contributed by atoms with Gasteiger partial charge in [0, 0.05) is 29.2 Å². The molecule has 0 aliphatic heterocycles. The van der Waals surface area contributed by atoms with Gasteiger partial charge in [-0.1, -0.05) is 66.6 Å². The SMILES string of the molecule is CCCc1sc(N/N=C\c2ccc(N(CC)CC)cc2)nc1-c1ccc(C)cc1. The zero-order valence-corrected chi connectivity index (χ0v) is 18.6. The average molecular weight is 407 g/mol. The highest BCUT2D eigenvalue weighted by molar-refractivity contribution is 7.16. The van der Waals surface area contributed by atoms with Gasteiger partial charge in [-0.05, 0) is 44.9 Å². The number of aromatic nitrogens is 1. The lowest BCUT2D eigenvalue weighted by Gasteiger charge is -2.20. The normalized spacial score (nSPS) is 11.2. The van der Waals surface area contributed by atoms with Gasteiger partial charge in [-0.15, -0.1) is 0 Å². The van der Waals surface area contributed by atoms with Gasteiger partial charge in [-0.25, -0.2) is 4.98 Å². The van der Waals surface area contributed by atoms with Gasteiger partial charge >= 0.3 is 0 Å². The molecule has 0 bridgehead atoms. The summed E-state index contributed by atoms with van der Waals surface area (Å²) in [5.41, 5.74) is 8.92. The van der Waals surface area contributed by atoms with Crippen LogP contribution in [0.2, 0.25) is 0 Å². The van der Waals surface area contributed by atoms with Crippen molar-refractivity contribution in [3.05, 3.63) is 64.5 Å². The predicted molar refractivity (Wildman–Crippen MR) is 128 cm³/mol. The molecular weight excluding hydrogens is 376 g/mol. The zero-order chi connectivity index (χ0) is 20.6. The van der Waals surface area contributed by atoms with E-state index in [9.17, 15) is 0 Å². The lowest BCUT2D eigenvalue weighted by Crippen LogP contribution is -2.21. The van der Waals surface area contributed by atoms with Gasteiger partial charge in [0.05, 0.1) is 11.9 Å². The van der Waals surface area contributed by atoms with Crippen LogP contribution in [0.4, 0.5) is 10.8 Å². The fraction of sp³-hybridized carbons (Fsp3) is 0.333. The van der Waals surface area contributed by atoms with E-state index in [-0.39, 0.29) is 0 Å². The van der Waals surface area contributed by atoms with Crippen molar-refractivity contribution in [3.8, 4) is 11.3 Å². The van der Waals surface area contributed by atoms with Crippen LogP contribution < -0.4 is 10.3 Å². The summed E-state index contributed by atoms with van der Waals surface area (Å²) >= 11 is 1.69. The molecule has 4 nitrogen and oxygen atoms in total. The van der Waals surface area contributed by atoms with Crippen molar-refractivity contribution in [1.82, 2.24) is 4.98 Å². The number of nitrogens with zero attached hydrogens (tertiary/aromatic N) is 3. The lowest BCUT2D eigenvalue weighted by atomic mass is 10.1. The Morgan fingerprint density at radius 1 is 1.00 bits per heavy atom. The quantitative estimate of drug-likeness (QED) is 0.332. The molecular formula is C24H30N4S. The summed E-state index contributed by atoms with van der Waals surface area (Å²) < 4.78 is 0. The monoisotopic (exact) mass is 406 g/mol. The molecule has 1 aromatic heterocycles. The summed E-state index contributed by atoms with van der Waals surface area (Å²) in [6.07, 6.45) is 3.97. The number of benzene rings is 2. The van der Waals surface area contributed by atoms with Gasteiger partial charge in [-0.2, -0.15) is 5.10 Å². The van der Waals surface area contributed by atoms with Gasteiger partial charge in [-0.3, -0.25) is 5.43 Å². The van der Waals surface area contributed by atoms with Crippen molar-refractivity contribution in [1.29, 1.82) is 0 Å². The third kappa shape index (κ3) is 5.45. The second-order valence-corrected chi connectivity index (χ2v) is 8.12. The van der Waals surface area contributed by atoms with Gasteiger partial charge in [0.2, 0.25) is 5.13 Å². The van der Waals surface area contributed by atoms with E-state index in [4.69, 9.17) is 4.98 Å². The van der Waals surface area contributed by atoms with Crippen LogP contribution in [0.5, 0.6) is 0 Å². The fourth-order valence-corrected chi connectivity index (χ4v) is 4.29. The maximum Gasteiger partial charge on any atom is 0.204 e. The molecule has 0 unspecified atom stereocenters. The van der Waals surface area contributed by atoms with Crippen LogP contribution in [-0.4, -0.2) is 24.3 Å². The molecule has 0 radical (unpaired) electrons. The molecule has 1 heterocycles. The van der Waals surface area contributed by atoms with E-state index >= 15 is 0 Å². The molecule has 0 fully saturated rings. The fourth-order valence-electron chi connectivity index (χ4n) is 3.26. The first-order chi connectivity index (χ1) is 14.1.